The topological polar surface area (TPSA) is 94.5 Å². The number of imidazole rings is 1. The van der Waals surface area contributed by atoms with Crippen molar-refractivity contribution < 1.29 is 13.9 Å². The molecule has 0 spiro atoms. The third-order valence-corrected chi connectivity index (χ3v) is 4.82. The highest BCUT2D eigenvalue weighted by Gasteiger charge is 2.26. The maximum atomic E-state index is 14.9. The minimum Gasteiger partial charge on any atom is -0.490 e. The van der Waals surface area contributed by atoms with Crippen molar-refractivity contribution in [1.29, 1.82) is 0 Å². The lowest BCUT2D eigenvalue weighted by Gasteiger charge is -2.19. The summed E-state index contributed by atoms with van der Waals surface area (Å²) in [5, 5.41) is 2.55. The van der Waals surface area contributed by atoms with Gasteiger partial charge >= 0.3 is 0 Å². The number of nitrogens with two attached hydrogens (primary N) is 1. The summed E-state index contributed by atoms with van der Waals surface area (Å²) in [6, 6.07) is 1.48. The van der Waals surface area contributed by atoms with Crippen LogP contribution in [0.1, 0.15) is 54.6 Å². The number of benzene rings is 1. The molecule has 2 heterocycles. The van der Waals surface area contributed by atoms with Crippen LogP contribution in [0.2, 0.25) is 5.02 Å². The zero-order valence-corrected chi connectivity index (χ0v) is 18.2. The zero-order chi connectivity index (χ0) is 22.0. The molecule has 0 aliphatic heterocycles. The molecule has 3 rings (SSSR count). The molecule has 0 saturated heterocycles. The van der Waals surface area contributed by atoms with E-state index in [1.54, 1.807) is 12.4 Å². The van der Waals surface area contributed by atoms with Gasteiger partial charge in [-0.2, -0.15) is 0 Å². The molecule has 1 aromatic carbocycles. The molecular weight excluding hydrogens is 409 g/mol. The van der Waals surface area contributed by atoms with Crippen molar-refractivity contribution in [3.8, 4) is 5.75 Å². The molecule has 30 heavy (non-hydrogen) atoms. The summed E-state index contributed by atoms with van der Waals surface area (Å²) >= 11 is 6.15. The number of nitrogen functional groups attached to an aromatic ring is 1. The Bertz CT molecular complexity index is 1100. The molecule has 9 heteroatoms. The Morgan fingerprint density at radius 2 is 2.17 bits per heavy atom. The number of ether oxygens (including phenoxy) is 1. The molecule has 0 atom stereocenters. The van der Waals surface area contributed by atoms with Gasteiger partial charge in [0.1, 0.15) is 28.5 Å². The normalized spacial score (nSPS) is 11.3. The predicted octanol–water partition coefficient (Wildman–Crippen LogP) is 3.93. The first-order valence-corrected chi connectivity index (χ1v) is 10.2. The minimum atomic E-state index is -0.803. The van der Waals surface area contributed by atoms with Crippen LogP contribution in [0.25, 0.3) is 5.52 Å². The number of hydrogen-bond donors (Lipinski definition) is 2. The number of carbonyl (C=O) groups excluding carboxylic acids is 1. The fourth-order valence-corrected chi connectivity index (χ4v) is 3.53. The number of carbonyl (C=O) groups is 1. The van der Waals surface area contributed by atoms with Crippen molar-refractivity contribution in [3.63, 3.8) is 0 Å². The molecule has 160 valence electrons. The van der Waals surface area contributed by atoms with Crippen molar-refractivity contribution in [2.24, 2.45) is 0 Å². The highest BCUT2D eigenvalue weighted by atomic mass is 35.5. The number of aryl methyl sites for hydroxylation is 1. The quantitative estimate of drug-likeness (QED) is 0.588. The van der Waals surface area contributed by atoms with Crippen molar-refractivity contribution in [2.45, 2.75) is 46.6 Å². The van der Waals surface area contributed by atoms with Gasteiger partial charge in [-0.1, -0.05) is 18.5 Å². The highest BCUT2D eigenvalue weighted by Crippen LogP contribution is 2.34. The average Bonchev–Trinajstić information content (AvgIpc) is 3.00. The molecule has 0 bridgehead atoms. The standard InChI is InChI=1S/C21H25ClFN5O2/c1-5-6-26-21(29)16-17(23)14(22)9-13(19(16)30-11(2)3)10-15-27-12(4)18-20(24)25-7-8-28(15)18/h7-9,11H,5-6,10H2,1-4H3,(H2,24,25)(H,26,29). The summed E-state index contributed by atoms with van der Waals surface area (Å²) in [5.41, 5.74) is 7.77. The molecule has 0 saturated carbocycles. The maximum absolute atomic E-state index is 14.9. The molecular formula is C21H25ClFN5O2. The predicted molar refractivity (Wildman–Crippen MR) is 115 cm³/mol. The van der Waals surface area contributed by atoms with Gasteiger partial charge in [0, 0.05) is 30.9 Å². The number of halogens is 2. The Morgan fingerprint density at radius 3 is 2.83 bits per heavy atom. The third-order valence-electron chi connectivity index (χ3n) is 4.54. The molecule has 0 unspecified atom stereocenters. The van der Waals surface area contributed by atoms with Gasteiger partial charge in [0.2, 0.25) is 0 Å². The number of rotatable bonds is 7. The van der Waals surface area contributed by atoms with Gasteiger partial charge in [-0.15, -0.1) is 0 Å². The lowest BCUT2D eigenvalue weighted by atomic mass is 10.0. The second-order valence-electron chi connectivity index (χ2n) is 7.28. The van der Waals surface area contributed by atoms with E-state index in [1.807, 2.05) is 32.1 Å². The molecule has 3 N–H and O–H groups in total. The van der Waals surface area contributed by atoms with Crippen molar-refractivity contribution in [1.82, 2.24) is 19.7 Å². The first kappa shape index (κ1) is 21.8. The van der Waals surface area contributed by atoms with E-state index in [9.17, 15) is 9.18 Å². The van der Waals surface area contributed by atoms with Crippen LogP contribution in [0, 0.1) is 12.7 Å². The number of hydrogen-bond acceptors (Lipinski definition) is 5. The molecule has 3 aromatic rings. The molecule has 7 nitrogen and oxygen atoms in total. The fraction of sp³-hybridized carbons (Fsp3) is 0.381. The Labute approximate surface area is 179 Å². The van der Waals surface area contributed by atoms with Crippen LogP contribution < -0.4 is 15.8 Å². The van der Waals surface area contributed by atoms with Crippen LogP contribution in [0.3, 0.4) is 0 Å². The van der Waals surface area contributed by atoms with Crippen molar-refractivity contribution >= 4 is 28.8 Å². The lowest BCUT2D eigenvalue weighted by Crippen LogP contribution is -2.27. The van der Waals surface area contributed by atoms with Crippen LogP contribution in [-0.4, -0.2) is 32.9 Å². The average molecular weight is 434 g/mol. The van der Waals surface area contributed by atoms with E-state index in [4.69, 9.17) is 22.1 Å². The van der Waals surface area contributed by atoms with Gasteiger partial charge in [-0.25, -0.2) is 14.4 Å². The van der Waals surface area contributed by atoms with E-state index in [0.29, 0.717) is 29.3 Å². The van der Waals surface area contributed by atoms with Crippen LogP contribution in [0.4, 0.5) is 10.2 Å². The number of aromatic nitrogens is 3. The smallest absolute Gasteiger partial charge is 0.258 e. The van der Waals surface area contributed by atoms with E-state index < -0.39 is 11.7 Å². The molecule has 2 aromatic heterocycles. The van der Waals surface area contributed by atoms with Crippen LogP contribution in [-0.2, 0) is 6.42 Å². The Kier molecular flexibility index (Phi) is 6.45. The summed E-state index contributed by atoms with van der Waals surface area (Å²) in [6.45, 7) is 7.79. The van der Waals surface area contributed by atoms with E-state index in [0.717, 1.165) is 12.1 Å². The Hall–Kier alpha value is -2.87. The largest absolute Gasteiger partial charge is 0.490 e. The summed E-state index contributed by atoms with van der Waals surface area (Å²) in [7, 11) is 0. The van der Waals surface area contributed by atoms with Gasteiger partial charge < -0.3 is 15.8 Å². The van der Waals surface area contributed by atoms with Crippen LogP contribution in [0.5, 0.6) is 5.75 Å². The monoisotopic (exact) mass is 433 g/mol. The first-order valence-electron chi connectivity index (χ1n) is 9.78. The number of amides is 1. The van der Waals surface area contributed by atoms with E-state index in [1.165, 1.54) is 6.07 Å². The van der Waals surface area contributed by atoms with E-state index in [2.05, 4.69) is 15.3 Å². The summed E-state index contributed by atoms with van der Waals surface area (Å²) in [6.07, 6.45) is 4.04. The van der Waals surface area contributed by atoms with Gasteiger partial charge in [0.15, 0.2) is 5.82 Å². The van der Waals surface area contributed by atoms with Gasteiger partial charge in [0.05, 0.1) is 16.8 Å². The van der Waals surface area contributed by atoms with E-state index >= 15 is 0 Å². The van der Waals surface area contributed by atoms with Crippen molar-refractivity contribution in [3.05, 3.63) is 51.9 Å². The molecule has 0 fully saturated rings. The number of nitrogens with zero attached hydrogens (tertiary/aromatic N) is 3. The van der Waals surface area contributed by atoms with Gasteiger partial charge in [0.25, 0.3) is 5.91 Å². The summed E-state index contributed by atoms with van der Waals surface area (Å²) < 4.78 is 22.6. The van der Waals surface area contributed by atoms with E-state index in [-0.39, 0.29) is 28.9 Å². The van der Waals surface area contributed by atoms with Crippen molar-refractivity contribution in [2.75, 3.05) is 12.3 Å². The second kappa shape index (κ2) is 8.87. The Morgan fingerprint density at radius 1 is 1.43 bits per heavy atom. The third kappa shape index (κ3) is 4.18. The molecule has 0 radical (unpaired) electrons. The van der Waals surface area contributed by atoms with Gasteiger partial charge in [-0.05, 0) is 33.3 Å². The molecule has 0 aliphatic carbocycles. The molecule has 1 amide bonds. The minimum absolute atomic E-state index is 0.151. The second-order valence-corrected chi connectivity index (χ2v) is 7.69. The SMILES string of the molecule is CCCNC(=O)c1c(F)c(Cl)cc(Cc2nc(C)c3c(N)nccn23)c1OC(C)C. The van der Waals surface area contributed by atoms with Crippen LogP contribution >= 0.6 is 11.6 Å². The number of anilines is 1. The molecule has 0 aliphatic rings. The Balaban J connectivity index is 2.16. The van der Waals surface area contributed by atoms with Gasteiger partial charge in [-0.3, -0.25) is 9.20 Å². The number of nitrogens with one attached hydrogen (secondary N) is 1. The summed E-state index contributed by atoms with van der Waals surface area (Å²) in [5.74, 6) is -0.192. The lowest BCUT2D eigenvalue weighted by molar-refractivity contribution is 0.0943. The number of fused-ring (bicyclic) bond motifs is 1. The zero-order valence-electron chi connectivity index (χ0n) is 17.4. The fourth-order valence-electron chi connectivity index (χ4n) is 3.30. The highest BCUT2D eigenvalue weighted by molar-refractivity contribution is 6.31. The van der Waals surface area contributed by atoms with Crippen LogP contribution in [0.15, 0.2) is 18.5 Å². The maximum Gasteiger partial charge on any atom is 0.258 e. The first-order chi connectivity index (χ1) is 14.2. The summed E-state index contributed by atoms with van der Waals surface area (Å²) in [4.78, 5) is 21.4.